The van der Waals surface area contributed by atoms with Gasteiger partial charge in [-0.3, -0.25) is 44.2 Å². The van der Waals surface area contributed by atoms with E-state index >= 15 is 0 Å². The van der Waals surface area contributed by atoms with Crippen molar-refractivity contribution in [1.29, 1.82) is 0 Å². The van der Waals surface area contributed by atoms with Gasteiger partial charge in [0.1, 0.15) is 17.8 Å². The fourth-order valence-corrected chi connectivity index (χ4v) is 7.51. The van der Waals surface area contributed by atoms with E-state index in [4.69, 9.17) is 4.74 Å². The molecule has 8 aromatic rings. The minimum Gasteiger partial charge on any atom is -0.457 e. The number of carbonyl (C=O) groups excluding carboxylic acids is 7. The number of nitrogens with zero attached hydrogens (tertiary/aromatic N) is 4. The SMILES string of the molecule is O=C(Nc1ccc(Oc2ccc(NC(=O)c3ccc4c(c3)C(=O)N(c3ncnc(NC(=O)c5c6ccccc6cc6ccccc56)n3)C4=O)cc2)cc1)c1ccc2c(c1)C(=O)NC2=O. The second kappa shape index (κ2) is 15.5. The molecule has 0 bridgehead atoms. The van der Waals surface area contributed by atoms with Gasteiger partial charge < -0.3 is 15.4 Å². The number of hydrogen-bond acceptors (Lipinski definition) is 11. The fraction of sp³-hybridized carbons (Fsp3) is 0. The van der Waals surface area contributed by atoms with Crippen LogP contribution in [-0.4, -0.2) is 56.3 Å². The molecule has 0 aliphatic carbocycles. The summed E-state index contributed by atoms with van der Waals surface area (Å²) in [5.74, 6) is -3.61. The third kappa shape index (κ3) is 7.07. The van der Waals surface area contributed by atoms with Crippen LogP contribution in [0.1, 0.15) is 72.5 Å². The number of hydrogen-bond donors (Lipinski definition) is 4. The van der Waals surface area contributed by atoms with Gasteiger partial charge in [0.25, 0.3) is 41.4 Å². The number of aromatic nitrogens is 3. The minimum atomic E-state index is -0.761. The first-order valence-corrected chi connectivity index (χ1v) is 19.5. The molecule has 0 fully saturated rings. The highest BCUT2D eigenvalue weighted by molar-refractivity contribution is 6.34. The molecule has 16 nitrogen and oxygen atoms in total. The molecule has 0 saturated heterocycles. The van der Waals surface area contributed by atoms with Crippen molar-refractivity contribution in [1.82, 2.24) is 20.3 Å². The molecule has 3 heterocycles. The van der Waals surface area contributed by atoms with Gasteiger partial charge in [0.15, 0.2) is 0 Å². The normalized spacial score (nSPS) is 12.8. The highest BCUT2D eigenvalue weighted by Crippen LogP contribution is 2.31. The van der Waals surface area contributed by atoms with Crippen LogP contribution in [0.3, 0.4) is 0 Å². The van der Waals surface area contributed by atoms with Gasteiger partial charge in [-0.05, 0) is 113 Å². The van der Waals surface area contributed by atoms with E-state index in [0.29, 0.717) is 28.4 Å². The lowest BCUT2D eigenvalue weighted by atomic mass is 9.96. The lowest BCUT2D eigenvalue weighted by Crippen LogP contribution is -2.31. The predicted octanol–water partition coefficient (Wildman–Crippen LogP) is 7.41. The van der Waals surface area contributed by atoms with Crippen LogP contribution in [0.2, 0.25) is 0 Å². The first-order valence-electron chi connectivity index (χ1n) is 19.5. The molecule has 16 heteroatoms. The van der Waals surface area contributed by atoms with E-state index in [1.165, 1.54) is 36.4 Å². The molecule has 7 aromatic carbocycles. The average Bonchev–Trinajstić information content (AvgIpc) is 3.74. The Hall–Kier alpha value is -9.44. The largest absolute Gasteiger partial charge is 0.457 e. The maximum Gasteiger partial charge on any atom is 0.268 e. The maximum absolute atomic E-state index is 13.8. The van der Waals surface area contributed by atoms with E-state index in [9.17, 15) is 33.6 Å². The zero-order chi connectivity index (χ0) is 44.1. The molecule has 0 unspecified atom stereocenters. The van der Waals surface area contributed by atoms with Crippen molar-refractivity contribution >= 4 is 86.2 Å². The Morgan fingerprint density at radius 3 is 1.66 bits per heavy atom. The topological polar surface area (TPSA) is 219 Å². The van der Waals surface area contributed by atoms with Gasteiger partial charge in [0.05, 0.1) is 27.8 Å². The van der Waals surface area contributed by atoms with E-state index in [0.717, 1.165) is 32.8 Å². The molecule has 10 rings (SSSR count). The van der Waals surface area contributed by atoms with Gasteiger partial charge in [0.2, 0.25) is 11.9 Å². The predicted molar refractivity (Wildman–Crippen MR) is 234 cm³/mol. The highest BCUT2D eigenvalue weighted by atomic mass is 16.5. The van der Waals surface area contributed by atoms with Crippen molar-refractivity contribution in [2.45, 2.75) is 0 Å². The summed E-state index contributed by atoms with van der Waals surface area (Å²) in [6.07, 6.45) is 1.09. The fourth-order valence-electron chi connectivity index (χ4n) is 7.51. The van der Waals surface area contributed by atoms with Gasteiger partial charge in [-0.15, -0.1) is 0 Å². The molecule has 2 aliphatic heterocycles. The summed E-state index contributed by atoms with van der Waals surface area (Å²) in [6.45, 7) is 0. The summed E-state index contributed by atoms with van der Waals surface area (Å²) in [4.78, 5) is 104. The number of fused-ring (bicyclic) bond motifs is 4. The van der Waals surface area contributed by atoms with E-state index in [-0.39, 0.29) is 45.3 Å². The van der Waals surface area contributed by atoms with Crippen LogP contribution in [0.25, 0.3) is 21.5 Å². The van der Waals surface area contributed by atoms with Crippen molar-refractivity contribution < 1.29 is 38.3 Å². The van der Waals surface area contributed by atoms with Gasteiger partial charge in [0, 0.05) is 22.5 Å². The molecule has 0 radical (unpaired) electrons. The van der Waals surface area contributed by atoms with E-state index in [1.807, 2.05) is 54.6 Å². The van der Waals surface area contributed by atoms with Crippen LogP contribution >= 0.6 is 0 Å². The molecule has 4 N–H and O–H groups in total. The number of rotatable bonds is 9. The van der Waals surface area contributed by atoms with Gasteiger partial charge in [-0.1, -0.05) is 48.5 Å². The van der Waals surface area contributed by atoms with Crippen molar-refractivity contribution in [3.8, 4) is 11.5 Å². The molecule has 1 aromatic heterocycles. The van der Waals surface area contributed by atoms with Crippen LogP contribution in [-0.2, 0) is 0 Å². The first kappa shape index (κ1) is 38.7. The summed E-state index contributed by atoms with van der Waals surface area (Å²) in [5.41, 5.74) is 1.98. The van der Waals surface area contributed by atoms with Crippen molar-refractivity contribution in [2.75, 3.05) is 20.9 Å². The molecule has 64 heavy (non-hydrogen) atoms. The van der Waals surface area contributed by atoms with E-state index in [1.54, 1.807) is 48.5 Å². The van der Waals surface area contributed by atoms with Crippen molar-refractivity contribution in [3.05, 3.63) is 185 Å². The molecule has 0 atom stereocenters. The number of amides is 7. The molecule has 308 valence electrons. The lowest BCUT2D eigenvalue weighted by molar-refractivity contribution is 0.0873. The summed E-state index contributed by atoms with van der Waals surface area (Å²) in [5, 5.41) is 13.6. The summed E-state index contributed by atoms with van der Waals surface area (Å²) in [7, 11) is 0. The van der Waals surface area contributed by atoms with E-state index in [2.05, 4.69) is 36.2 Å². The van der Waals surface area contributed by atoms with Crippen LogP contribution < -0.4 is 30.9 Å². The molecular formula is C48H28N8O8. The number of carbonyl (C=O) groups is 7. The number of nitrogens with one attached hydrogen (secondary N) is 4. The maximum atomic E-state index is 13.8. The smallest absolute Gasteiger partial charge is 0.268 e. The Morgan fingerprint density at radius 1 is 0.516 bits per heavy atom. The molecule has 0 saturated carbocycles. The average molecular weight is 845 g/mol. The molecule has 2 aliphatic rings. The zero-order valence-electron chi connectivity index (χ0n) is 32.9. The van der Waals surface area contributed by atoms with E-state index < -0.39 is 41.4 Å². The van der Waals surface area contributed by atoms with Crippen LogP contribution in [0.4, 0.5) is 23.3 Å². The molecule has 0 spiro atoms. The molecular weight excluding hydrogens is 817 g/mol. The molecule has 7 amide bonds. The third-order valence-corrected chi connectivity index (χ3v) is 10.6. The Balaban J connectivity index is 0.777. The minimum absolute atomic E-state index is 0.0323. The second-order valence-corrected chi connectivity index (χ2v) is 14.6. The number of anilines is 4. The second-order valence-electron chi connectivity index (χ2n) is 14.6. The zero-order valence-corrected chi connectivity index (χ0v) is 32.9. The first-order chi connectivity index (χ1) is 31.1. The van der Waals surface area contributed by atoms with Gasteiger partial charge in [-0.2, -0.15) is 4.98 Å². The summed E-state index contributed by atoms with van der Waals surface area (Å²) >= 11 is 0. The number of imide groups is 2. The summed E-state index contributed by atoms with van der Waals surface area (Å²) in [6, 6.07) is 38.4. The quantitative estimate of drug-likeness (QED) is 0.0828. The third-order valence-electron chi connectivity index (χ3n) is 10.6. The van der Waals surface area contributed by atoms with Crippen molar-refractivity contribution in [2.24, 2.45) is 0 Å². The standard InChI is InChI=1S/C48H28N8O8/c57-40(27-9-19-35-37(22-27)43(60)53-42(35)59)51-29-11-15-31(16-12-29)64-32-17-13-30(14-18-32)52-41(58)28-10-20-36-38(23-28)46(63)56(45(36)62)48-50-24-49-47(55-48)54-44(61)39-33-7-3-1-5-25(33)21-26-6-2-4-8-34(26)39/h1-24H,(H,51,57)(H,52,58)(H,53,59,60)(H,49,50,54,55,61). The van der Waals surface area contributed by atoms with Gasteiger partial charge >= 0.3 is 0 Å². The number of benzene rings is 7. The highest BCUT2D eigenvalue weighted by Gasteiger charge is 2.39. The Bertz CT molecular complexity index is 3300. The lowest BCUT2D eigenvalue weighted by Gasteiger charge is -2.13. The number of ether oxygens (including phenoxy) is 1. The Kier molecular flexibility index (Phi) is 9.41. The van der Waals surface area contributed by atoms with Crippen molar-refractivity contribution in [3.63, 3.8) is 0 Å². The monoisotopic (exact) mass is 844 g/mol. The van der Waals surface area contributed by atoms with Gasteiger partial charge in [-0.25, -0.2) is 14.9 Å². The van der Waals surface area contributed by atoms with Crippen LogP contribution in [0.15, 0.2) is 146 Å². The summed E-state index contributed by atoms with van der Waals surface area (Å²) < 4.78 is 5.93. The van der Waals surface area contributed by atoms with Crippen LogP contribution in [0.5, 0.6) is 11.5 Å². The Morgan fingerprint density at radius 2 is 1.05 bits per heavy atom. The van der Waals surface area contributed by atoms with Crippen LogP contribution in [0, 0.1) is 0 Å². The Labute approximate surface area is 360 Å².